The molecule has 0 unspecified atom stereocenters. The number of aromatic nitrogens is 1. The van der Waals surface area contributed by atoms with Gasteiger partial charge in [0.25, 0.3) is 5.56 Å². The summed E-state index contributed by atoms with van der Waals surface area (Å²) >= 11 is 4.90. The number of halogens is 1. The first-order chi connectivity index (χ1) is 20.2. The lowest BCUT2D eigenvalue weighted by Crippen LogP contribution is -2.39. The minimum atomic E-state index is -0.651. The number of rotatable bonds is 8. The van der Waals surface area contributed by atoms with Gasteiger partial charge >= 0.3 is 5.97 Å². The van der Waals surface area contributed by atoms with Crippen molar-refractivity contribution >= 4 is 39.3 Å². The molecule has 0 bridgehead atoms. The Morgan fingerprint density at radius 1 is 1.05 bits per heavy atom. The maximum absolute atomic E-state index is 13.9. The predicted octanol–water partition coefficient (Wildman–Crippen LogP) is 5.77. The maximum Gasteiger partial charge on any atom is 0.338 e. The average Bonchev–Trinajstić information content (AvgIpc) is 3.26. The van der Waals surface area contributed by atoms with E-state index in [2.05, 4.69) is 20.9 Å². The number of nitrogens with zero attached hydrogens (tertiary/aromatic N) is 2. The number of methoxy groups -OCH3 is 1. The van der Waals surface area contributed by atoms with E-state index >= 15 is 0 Å². The van der Waals surface area contributed by atoms with Gasteiger partial charge in [-0.2, -0.15) is 0 Å². The Kier molecular flexibility index (Phi) is 8.80. The van der Waals surface area contributed by atoms with Crippen molar-refractivity contribution < 1.29 is 19.0 Å². The van der Waals surface area contributed by atoms with Gasteiger partial charge in [-0.1, -0.05) is 71.0 Å². The lowest BCUT2D eigenvalue weighted by Gasteiger charge is -2.24. The highest BCUT2D eigenvalue weighted by atomic mass is 79.9. The molecule has 42 heavy (non-hydrogen) atoms. The number of benzene rings is 3. The molecule has 4 aromatic rings. The summed E-state index contributed by atoms with van der Waals surface area (Å²) in [6, 6.07) is 19.0. The first-order valence-corrected chi connectivity index (χ1v) is 15.1. The number of carbonyl (C=O) groups is 1. The van der Waals surface area contributed by atoms with E-state index in [1.54, 1.807) is 31.6 Å². The van der Waals surface area contributed by atoms with Crippen LogP contribution in [0.25, 0.3) is 6.08 Å². The van der Waals surface area contributed by atoms with E-state index in [1.165, 1.54) is 16.9 Å². The first-order valence-electron chi connectivity index (χ1n) is 13.5. The third kappa shape index (κ3) is 5.98. The summed E-state index contributed by atoms with van der Waals surface area (Å²) < 4.78 is 19.9. The van der Waals surface area contributed by atoms with Crippen LogP contribution >= 0.6 is 27.3 Å². The van der Waals surface area contributed by atoms with E-state index in [1.807, 2.05) is 74.5 Å². The molecule has 0 spiro atoms. The Labute approximate surface area is 256 Å². The number of thiazole rings is 1. The van der Waals surface area contributed by atoms with Crippen molar-refractivity contribution in [1.82, 2.24) is 4.57 Å². The smallest absolute Gasteiger partial charge is 0.338 e. The number of hydrogen-bond donors (Lipinski definition) is 0. The molecule has 1 aliphatic rings. The summed E-state index contributed by atoms with van der Waals surface area (Å²) in [4.78, 5) is 32.2. The number of esters is 1. The zero-order chi connectivity index (χ0) is 30.0. The van der Waals surface area contributed by atoms with Crippen LogP contribution in [0.3, 0.4) is 0 Å². The number of ether oxygens (including phenoxy) is 3. The van der Waals surface area contributed by atoms with Crippen LogP contribution in [0, 0.1) is 13.8 Å². The molecule has 0 amide bonds. The van der Waals surface area contributed by atoms with Crippen LogP contribution in [0.15, 0.2) is 86.2 Å². The highest BCUT2D eigenvalue weighted by Crippen LogP contribution is 2.37. The highest BCUT2D eigenvalue weighted by molar-refractivity contribution is 9.10. The molecule has 9 heteroatoms. The van der Waals surface area contributed by atoms with E-state index in [-0.39, 0.29) is 12.2 Å². The van der Waals surface area contributed by atoms with Gasteiger partial charge in [-0.05, 0) is 78.5 Å². The number of carbonyl (C=O) groups excluding carboxylic acids is 1. The van der Waals surface area contributed by atoms with Crippen molar-refractivity contribution in [2.75, 3.05) is 13.7 Å². The SMILES string of the molecule is CCOC(=O)C1=C(C)N=c2s/c(=C/c3cc(Br)c(OCc4ccc(C)cc4)c(OC)c3)c(=O)n2[C@@H]1c1ccc(C)cc1. The number of hydrogen-bond acceptors (Lipinski definition) is 7. The van der Waals surface area contributed by atoms with Crippen LogP contribution in [0.4, 0.5) is 0 Å². The number of fused-ring (bicyclic) bond motifs is 1. The molecule has 216 valence electrons. The summed E-state index contributed by atoms with van der Waals surface area (Å²) in [5, 5.41) is 0. The van der Waals surface area contributed by atoms with Gasteiger partial charge in [-0.3, -0.25) is 9.36 Å². The second-order valence-electron chi connectivity index (χ2n) is 10.0. The van der Waals surface area contributed by atoms with Gasteiger partial charge in [0.1, 0.15) is 6.61 Å². The second kappa shape index (κ2) is 12.5. The van der Waals surface area contributed by atoms with Crippen LogP contribution in [-0.4, -0.2) is 24.3 Å². The molecule has 2 heterocycles. The molecule has 0 radical (unpaired) electrons. The number of allylic oxidation sites excluding steroid dienone is 1. The molecule has 1 aliphatic heterocycles. The molecule has 3 aromatic carbocycles. The molecule has 1 atom stereocenters. The zero-order valence-corrected chi connectivity index (χ0v) is 26.5. The third-order valence-electron chi connectivity index (χ3n) is 6.96. The molecular weight excluding hydrogens is 616 g/mol. The summed E-state index contributed by atoms with van der Waals surface area (Å²) in [5.74, 6) is 0.632. The standard InChI is InChI=1S/C33H31BrN2O5S/c1-6-40-32(38)28-21(4)35-33-36(29(28)24-13-9-20(3)10-14-24)31(37)27(42-33)17-23-15-25(34)30(26(16-23)39-5)41-18-22-11-7-19(2)8-12-22/h7-17,29H,6,18H2,1-5H3/b27-17+/t29-/m1/s1. The minimum absolute atomic E-state index is 0.224. The summed E-state index contributed by atoms with van der Waals surface area (Å²) in [6.07, 6.45) is 1.80. The van der Waals surface area contributed by atoms with Crippen molar-refractivity contribution in [1.29, 1.82) is 0 Å². The maximum atomic E-state index is 13.9. The van der Waals surface area contributed by atoms with Gasteiger partial charge in [0.05, 0.1) is 40.0 Å². The lowest BCUT2D eigenvalue weighted by molar-refractivity contribution is -0.139. The number of aryl methyl sites for hydroxylation is 2. The van der Waals surface area contributed by atoms with Crippen molar-refractivity contribution in [2.24, 2.45) is 4.99 Å². The molecule has 0 saturated carbocycles. The van der Waals surface area contributed by atoms with Gasteiger partial charge < -0.3 is 14.2 Å². The largest absolute Gasteiger partial charge is 0.493 e. The normalized spacial score (nSPS) is 14.8. The Balaban J connectivity index is 1.56. The average molecular weight is 648 g/mol. The van der Waals surface area contributed by atoms with Gasteiger partial charge in [-0.25, -0.2) is 9.79 Å². The minimum Gasteiger partial charge on any atom is -0.493 e. The van der Waals surface area contributed by atoms with Gasteiger partial charge in [0.15, 0.2) is 16.3 Å². The fraction of sp³-hybridized carbons (Fsp3) is 0.242. The Hall–Kier alpha value is -3.95. The van der Waals surface area contributed by atoms with Crippen LogP contribution < -0.4 is 24.4 Å². The summed E-state index contributed by atoms with van der Waals surface area (Å²) in [6.45, 7) is 8.18. The Bertz CT molecular complexity index is 1850. The quantitative estimate of drug-likeness (QED) is 0.227. The second-order valence-corrected chi connectivity index (χ2v) is 11.9. The topological polar surface area (TPSA) is 79.1 Å². The zero-order valence-electron chi connectivity index (χ0n) is 24.1. The Morgan fingerprint density at radius 2 is 1.71 bits per heavy atom. The monoisotopic (exact) mass is 646 g/mol. The first kappa shape index (κ1) is 29.5. The van der Waals surface area contributed by atoms with Crippen molar-refractivity contribution in [3.63, 3.8) is 0 Å². The molecule has 0 saturated heterocycles. The van der Waals surface area contributed by atoms with Crippen LogP contribution in [0.5, 0.6) is 11.5 Å². The van der Waals surface area contributed by atoms with Crippen LogP contribution in [-0.2, 0) is 16.1 Å². The molecular formula is C33H31BrN2O5S. The van der Waals surface area contributed by atoms with Gasteiger partial charge in [0, 0.05) is 0 Å². The lowest BCUT2D eigenvalue weighted by atomic mass is 9.95. The fourth-order valence-corrected chi connectivity index (χ4v) is 6.43. The molecule has 5 rings (SSSR count). The van der Waals surface area contributed by atoms with Gasteiger partial charge in [-0.15, -0.1) is 0 Å². The molecule has 1 aromatic heterocycles. The van der Waals surface area contributed by atoms with Crippen LogP contribution in [0.2, 0.25) is 0 Å². The van der Waals surface area contributed by atoms with E-state index in [4.69, 9.17) is 14.2 Å². The molecule has 7 nitrogen and oxygen atoms in total. The van der Waals surface area contributed by atoms with E-state index < -0.39 is 12.0 Å². The predicted molar refractivity (Wildman–Crippen MR) is 168 cm³/mol. The van der Waals surface area contributed by atoms with Crippen molar-refractivity contribution in [3.8, 4) is 11.5 Å². The summed E-state index contributed by atoms with van der Waals surface area (Å²) in [7, 11) is 1.58. The van der Waals surface area contributed by atoms with Crippen LogP contribution in [0.1, 0.15) is 47.7 Å². The summed E-state index contributed by atoms with van der Waals surface area (Å²) in [5.41, 5.74) is 5.52. The van der Waals surface area contributed by atoms with E-state index in [0.29, 0.717) is 43.2 Å². The molecule has 0 N–H and O–H groups in total. The third-order valence-corrected chi connectivity index (χ3v) is 8.54. The molecule has 0 aliphatic carbocycles. The van der Waals surface area contributed by atoms with Gasteiger partial charge in [0.2, 0.25) is 0 Å². The highest BCUT2D eigenvalue weighted by Gasteiger charge is 2.33. The van der Waals surface area contributed by atoms with Crippen molar-refractivity contribution in [2.45, 2.75) is 40.3 Å². The van der Waals surface area contributed by atoms with E-state index in [0.717, 1.165) is 22.3 Å². The Morgan fingerprint density at radius 3 is 2.36 bits per heavy atom. The molecule has 0 fully saturated rings. The van der Waals surface area contributed by atoms with Crippen molar-refractivity contribution in [3.05, 3.63) is 124 Å². The van der Waals surface area contributed by atoms with E-state index in [9.17, 15) is 9.59 Å². The fourth-order valence-electron chi connectivity index (χ4n) is 4.81.